The van der Waals surface area contributed by atoms with Gasteiger partial charge in [0.05, 0.1) is 12.7 Å². The van der Waals surface area contributed by atoms with Gasteiger partial charge in [-0.1, -0.05) is 12.1 Å². The molecule has 1 saturated heterocycles. The summed E-state index contributed by atoms with van der Waals surface area (Å²) in [5.41, 5.74) is 0.991. The lowest BCUT2D eigenvalue weighted by Gasteiger charge is -2.09. The molecule has 5 heteroatoms. The number of epoxide rings is 1. The molecule has 1 heterocycles. The summed E-state index contributed by atoms with van der Waals surface area (Å²) in [6.45, 7) is 0.801. The molecular formula is C11H11F3O2. The minimum Gasteiger partial charge on any atom is -0.406 e. The van der Waals surface area contributed by atoms with E-state index in [0.717, 1.165) is 25.0 Å². The number of rotatable bonds is 4. The Morgan fingerprint density at radius 3 is 2.38 bits per heavy atom. The molecule has 0 saturated carbocycles. The molecule has 0 bridgehead atoms. The van der Waals surface area contributed by atoms with Crippen LogP contribution >= 0.6 is 0 Å². The highest BCUT2D eigenvalue weighted by Crippen LogP contribution is 2.23. The van der Waals surface area contributed by atoms with Crippen LogP contribution in [0.4, 0.5) is 13.2 Å². The summed E-state index contributed by atoms with van der Waals surface area (Å²) >= 11 is 0. The third-order valence-corrected chi connectivity index (χ3v) is 2.31. The molecular weight excluding hydrogens is 221 g/mol. The molecule has 0 aliphatic carbocycles. The highest BCUT2D eigenvalue weighted by atomic mass is 19.4. The molecule has 1 fully saturated rings. The Labute approximate surface area is 91.0 Å². The molecule has 1 aromatic rings. The Bertz CT molecular complexity index is 341. The molecule has 1 unspecified atom stereocenters. The lowest BCUT2D eigenvalue weighted by molar-refractivity contribution is -0.274. The minimum atomic E-state index is -4.62. The predicted octanol–water partition coefficient (Wildman–Crippen LogP) is 2.92. The van der Waals surface area contributed by atoms with Crippen molar-refractivity contribution in [2.45, 2.75) is 25.3 Å². The van der Waals surface area contributed by atoms with Crippen molar-refractivity contribution in [3.8, 4) is 5.75 Å². The van der Waals surface area contributed by atoms with Crippen molar-refractivity contribution >= 4 is 0 Å². The Morgan fingerprint density at radius 1 is 1.25 bits per heavy atom. The molecule has 0 spiro atoms. The van der Waals surface area contributed by atoms with E-state index in [-0.39, 0.29) is 5.75 Å². The fraction of sp³-hybridized carbons (Fsp3) is 0.455. The zero-order chi connectivity index (χ0) is 11.6. The third kappa shape index (κ3) is 3.73. The second-order valence-corrected chi connectivity index (χ2v) is 3.69. The maximum Gasteiger partial charge on any atom is 0.573 e. The number of aryl methyl sites for hydroxylation is 1. The van der Waals surface area contributed by atoms with Crippen LogP contribution in [0.1, 0.15) is 12.0 Å². The Morgan fingerprint density at radius 2 is 1.88 bits per heavy atom. The van der Waals surface area contributed by atoms with Crippen molar-refractivity contribution in [1.82, 2.24) is 0 Å². The van der Waals surface area contributed by atoms with E-state index < -0.39 is 6.36 Å². The first-order valence-electron chi connectivity index (χ1n) is 4.99. The smallest absolute Gasteiger partial charge is 0.406 e. The molecule has 1 aromatic carbocycles. The van der Waals surface area contributed by atoms with Crippen molar-refractivity contribution in [1.29, 1.82) is 0 Å². The van der Waals surface area contributed by atoms with Gasteiger partial charge < -0.3 is 9.47 Å². The molecule has 1 aliphatic rings. The van der Waals surface area contributed by atoms with E-state index in [1.54, 1.807) is 12.1 Å². The number of hydrogen-bond donors (Lipinski definition) is 0. The summed E-state index contributed by atoms with van der Waals surface area (Å²) in [4.78, 5) is 0. The maximum absolute atomic E-state index is 11.9. The van der Waals surface area contributed by atoms with Crippen LogP contribution in [-0.4, -0.2) is 19.1 Å². The van der Waals surface area contributed by atoms with Gasteiger partial charge in [0.2, 0.25) is 0 Å². The zero-order valence-electron chi connectivity index (χ0n) is 8.46. The van der Waals surface area contributed by atoms with Gasteiger partial charge in [-0.25, -0.2) is 0 Å². The molecule has 1 atom stereocenters. The van der Waals surface area contributed by atoms with Crippen LogP contribution in [0, 0.1) is 0 Å². The first-order valence-corrected chi connectivity index (χ1v) is 4.99. The largest absolute Gasteiger partial charge is 0.573 e. The first-order chi connectivity index (χ1) is 7.53. The van der Waals surface area contributed by atoms with Gasteiger partial charge in [-0.15, -0.1) is 13.2 Å². The number of halogens is 3. The van der Waals surface area contributed by atoms with Gasteiger partial charge in [0.25, 0.3) is 0 Å². The Balaban J connectivity index is 1.87. The van der Waals surface area contributed by atoms with Crippen LogP contribution in [-0.2, 0) is 11.2 Å². The minimum absolute atomic E-state index is 0.182. The van der Waals surface area contributed by atoms with E-state index in [0.29, 0.717) is 6.10 Å². The van der Waals surface area contributed by atoms with E-state index in [1.807, 2.05) is 0 Å². The van der Waals surface area contributed by atoms with Gasteiger partial charge in [0, 0.05) is 0 Å². The SMILES string of the molecule is FC(F)(F)Oc1ccc(CCC2CO2)cc1. The molecule has 0 radical (unpaired) electrons. The topological polar surface area (TPSA) is 21.8 Å². The van der Waals surface area contributed by atoms with E-state index in [1.165, 1.54) is 12.1 Å². The lowest BCUT2D eigenvalue weighted by Crippen LogP contribution is -2.17. The van der Waals surface area contributed by atoms with Crippen molar-refractivity contribution < 1.29 is 22.6 Å². The molecule has 2 rings (SSSR count). The summed E-state index contributed by atoms with van der Waals surface area (Å²) in [6.07, 6.45) is -2.55. The van der Waals surface area contributed by atoms with E-state index in [9.17, 15) is 13.2 Å². The molecule has 2 nitrogen and oxygen atoms in total. The summed E-state index contributed by atoms with van der Waals surface area (Å²) in [7, 11) is 0. The molecule has 16 heavy (non-hydrogen) atoms. The normalized spacial score (nSPS) is 19.6. The first kappa shape index (κ1) is 11.3. The second kappa shape index (κ2) is 4.33. The lowest BCUT2D eigenvalue weighted by atomic mass is 10.1. The molecule has 0 N–H and O–H groups in total. The molecule has 0 amide bonds. The second-order valence-electron chi connectivity index (χ2n) is 3.69. The number of benzene rings is 1. The van der Waals surface area contributed by atoms with Gasteiger partial charge in [0.1, 0.15) is 5.75 Å². The number of alkyl halides is 3. The summed E-state index contributed by atoms with van der Waals surface area (Å²) in [5, 5.41) is 0. The van der Waals surface area contributed by atoms with Crippen molar-refractivity contribution in [2.24, 2.45) is 0 Å². The van der Waals surface area contributed by atoms with Crippen LogP contribution in [0.15, 0.2) is 24.3 Å². The molecule has 88 valence electrons. The van der Waals surface area contributed by atoms with Gasteiger partial charge in [-0.2, -0.15) is 0 Å². The van der Waals surface area contributed by atoms with Crippen LogP contribution in [0.2, 0.25) is 0 Å². The molecule has 0 aromatic heterocycles. The van der Waals surface area contributed by atoms with Gasteiger partial charge in [-0.3, -0.25) is 0 Å². The predicted molar refractivity (Wildman–Crippen MR) is 51.2 cm³/mol. The van der Waals surface area contributed by atoms with Crippen LogP contribution in [0.3, 0.4) is 0 Å². The number of hydrogen-bond acceptors (Lipinski definition) is 2. The fourth-order valence-corrected chi connectivity index (χ4v) is 1.42. The fourth-order valence-electron chi connectivity index (χ4n) is 1.42. The van der Waals surface area contributed by atoms with Crippen molar-refractivity contribution in [2.75, 3.05) is 6.61 Å². The zero-order valence-corrected chi connectivity index (χ0v) is 8.46. The van der Waals surface area contributed by atoms with Gasteiger partial charge in [0.15, 0.2) is 0 Å². The van der Waals surface area contributed by atoms with Gasteiger partial charge >= 0.3 is 6.36 Å². The highest BCUT2D eigenvalue weighted by Gasteiger charge is 2.31. The van der Waals surface area contributed by atoms with Crippen LogP contribution in [0.5, 0.6) is 5.75 Å². The quantitative estimate of drug-likeness (QED) is 0.744. The van der Waals surface area contributed by atoms with Crippen LogP contribution in [0.25, 0.3) is 0 Å². The number of ether oxygens (including phenoxy) is 2. The van der Waals surface area contributed by atoms with Crippen molar-refractivity contribution in [3.05, 3.63) is 29.8 Å². The summed E-state index contributed by atoms with van der Waals surface area (Å²) < 4.78 is 44.4. The maximum atomic E-state index is 11.9. The summed E-state index contributed by atoms with van der Waals surface area (Å²) in [6, 6.07) is 5.94. The third-order valence-electron chi connectivity index (χ3n) is 2.31. The van der Waals surface area contributed by atoms with Crippen LogP contribution < -0.4 is 4.74 Å². The van der Waals surface area contributed by atoms with Gasteiger partial charge in [-0.05, 0) is 30.5 Å². The van der Waals surface area contributed by atoms with E-state index in [2.05, 4.69) is 4.74 Å². The van der Waals surface area contributed by atoms with Crippen molar-refractivity contribution in [3.63, 3.8) is 0 Å². The Hall–Kier alpha value is -1.23. The van der Waals surface area contributed by atoms with E-state index in [4.69, 9.17) is 4.74 Å². The summed E-state index contributed by atoms with van der Waals surface area (Å²) in [5.74, 6) is -0.182. The average Bonchev–Trinajstić information content (AvgIpc) is 2.98. The Kier molecular flexibility index (Phi) is 3.05. The molecule has 1 aliphatic heterocycles. The monoisotopic (exact) mass is 232 g/mol. The highest BCUT2D eigenvalue weighted by molar-refractivity contribution is 5.27. The standard InChI is InChI=1S/C11H11F3O2/c12-11(13,14)16-9-4-1-8(2-5-9)3-6-10-7-15-10/h1-2,4-5,10H,3,6-7H2. The average molecular weight is 232 g/mol. The van der Waals surface area contributed by atoms with E-state index >= 15 is 0 Å².